The van der Waals surface area contributed by atoms with Crippen molar-refractivity contribution in [2.24, 2.45) is 5.92 Å². The standard InChI is InChI=1S/C15H22N2OS/c1-9-6-7-11-12(8-9)19-14(16)13(11)15(18)17-10-4-2-3-5-10/h9-10H,2-8,16H2,1H3,(H,17,18). The first-order valence-corrected chi connectivity index (χ1v) is 8.17. The molecule has 104 valence electrons. The molecule has 19 heavy (non-hydrogen) atoms. The van der Waals surface area contributed by atoms with E-state index in [0.717, 1.165) is 42.2 Å². The maximum absolute atomic E-state index is 12.5. The minimum atomic E-state index is 0.0662. The highest BCUT2D eigenvalue weighted by Gasteiger charge is 2.28. The number of thiophene rings is 1. The Labute approximate surface area is 118 Å². The highest BCUT2D eigenvalue weighted by Crippen LogP contribution is 2.38. The van der Waals surface area contributed by atoms with E-state index in [1.54, 1.807) is 11.3 Å². The van der Waals surface area contributed by atoms with Gasteiger partial charge in [-0.25, -0.2) is 0 Å². The van der Waals surface area contributed by atoms with E-state index in [-0.39, 0.29) is 5.91 Å². The zero-order valence-electron chi connectivity index (χ0n) is 11.5. The molecule has 2 aliphatic carbocycles. The summed E-state index contributed by atoms with van der Waals surface area (Å²) in [6.07, 6.45) is 7.98. The van der Waals surface area contributed by atoms with Gasteiger partial charge in [0.1, 0.15) is 0 Å². The second-order valence-corrected chi connectivity index (χ2v) is 7.18. The van der Waals surface area contributed by atoms with Crippen LogP contribution in [0, 0.1) is 5.92 Å². The van der Waals surface area contributed by atoms with Gasteiger partial charge >= 0.3 is 0 Å². The van der Waals surface area contributed by atoms with Crippen LogP contribution in [0.4, 0.5) is 5.00 Å². The number of carbonyl (C=O) groups excluding carboxylic acids is 1. The Kier molecular flexibility index (Phi) is 3.52. The average molecular weight is 278 g/mol. The van der Waals surface area contributed by atoms with Crippen molar-refractivity contribution in [1.29, 1.82) is 0 Å². The highest BCUT2D eigenvalue weighted by molar-refractivity contribution is 7.16. The van der Waals surface area contributed by atoms with Gasteiger partial charge in [0.05, 0.1) is 10.6 Å². The van der Waals surface area contributed by atoms with Gasteiger partial charge < -0.3 is 11.1 Å². The van der Waals surface area contributed by atoms with Crippen LogP contribution in [0.25, 0.3) is 0 Å². The van der Waals surface area contributed by atoms with E-state index in [4.69, 9.17) is 5.73 Å². The van der Waals surface area contributed by atoms with Gasteiger partial charge in [-0.2, -0.15) is 0 Å². The predicted octanol–water partition coefficient (Wildman–Crippen LogP) is 3.13. The number of rotatable bonds is 2. The molecule has 1 aromatic rings. The van der Waals surface area contributed by atoms with Crippen LogP contribution in [0.2, 0.25) is 0 Å². The van der Waals surface area contributed by atoms with Crippen molar-refractivity contribution in [2.75, 3.05) is 5.73 Å². The summed E-state index contributed by atoms with van der Waals surface area (Å²) in [6.45, 7) is 2.27. The lowest BCUT2D eigenvalue weighted by Crippen LogP contribution is -2.33. The Hall–Kier alpha value is -1.03. The van der Waals surface area contributed by atoms with Crippen molar-refractivity contribution in [1.82, 2.24) is 5.32 Å². The zero-order valence-corrected chi connectivity index (χ0v) is 12.3. The van der Waals surface area contributed by atoms with E-state index in [1.165, 1.54) is 29.7 Å². The Balaban J connectivity index is 1.81. The van der Waals surface area contributed by atoms with Gasteiger partial charge in [-0.1, -0.05) is 19.8 Å². The summed E-state index contributed by atoms with van der Waals surface area (Å²) in [4.78, 5) is 13.8. The average Bonchev–Trinajstić information content (AvgIpc) is 2.95. The van der Waals surface area contributed by atoms with Crippen LogP contribution in [-0.2, 0) is 12.8 Å². The quantitative estimate of drug-likeness (QED) is 0.873. The summed E-state index contributed by atoms with van der Waals surface area (Å²) in [5.74, 6) is 0.785. The molecular formula is C15H22N2OS. The molecule has 1 saturated carbocycles. The summed E-state index contributed by atoms with van der Waals surface area (Å²) >= 11 is 1.62. The normalized spacial score (nSPS) is 23.3. The molecule has 4 heteroatoms. The van der Waals surface area contributed by atoms with E-state index >= 15 is 0 Å². The smallest absolute Gasteiger partial charge is 0.254 e. The van der Waals surface area contributed by atoms with Gasteiger partial charge in [0.15, 0.2) is 0 Å². The monoisotopic (exact) mass is 278 g/mol. The van der Waals surface area contributed by atoms with Gasteiger partial charge in [0.2, 0.25) is 0 Å². The molecule has 1 atom stereocenters. The molecule has 3 N–H and O–H groups in total. The molecule has 3 nitrogen and oxygen atoms in total. The van der Waals surface area contributed by atoms with E-state index in [2.05, 4.69) is 12.2 Å². The van der Waals surface area contributed by atoms with Crippen molar-refractivity contribution in [2.45, 2.75) is 57.9 Å². The largest absolute Gasteiger partial charge is 0.390 e. The molecule has 0 spiro atoms. The minimum absolute atomic E-state index is 0.0662. The van der Waals surface area contributed by atoms with Crippen molar-refractivity contribution in [3.05, 3.63) is 16.0 Å². The summed E-state index contributed by atoms with van der Waals surface area (Å²) < 4.78 is 0. The number of nitrogen functional groups attached to an aromatic ring is 1. The van der Waals surface area contributed by atoms with E-state index in [0.29, 0.717) is 6.04 Å². The van der Waals surface area contributed by atoms with Gasteiger partial charge in [0, 0.05) is 10.9 Å². The molecule has 0 saturated heterocycles. The number of hydrogen-bond donors (Lipinski definition) is 2. The van der Waals surface area contributed by atoms with Gasteiger partial charge in [-0.3, -0.25) is 4.79 Å². The van der Waals surface area contributed by atoms with Gasteiger partial charge in [0.25, 0.3) is 5.91 Å². The molecule has 1 fully saturated rings. The van der Waals surface area contributed by atoms with Gasteiger partial charge in [-0.05, 0) is 43.6 Å². The van der Waals surface area contributed by atoms with E-state index in [9.17, 15) is 4.79 Å². The molecule has 1 amide bonds. The number of hydrogen-bond acceptors (Lipinski definition) is 3. The maximum atomic E-state index is 12.5. The summed E-state index contributed by atoms with van der Waals surface area (Å²) in [7, 11) is 0. The molecular weight excluding hydrogens is 256 g/mol. The number of carbonyl (C=O) groups is 1. The third-order valence-electron chi connectivity index (χ3n) is 4.46. The number of amides is 1. The lowest BCUT2D eigenvalue weighted by atomic mass is 9.88. The second kappa shape index (κ2) is 5.16. The van der Waals surface area contributed by atoms with E-state index < -0.39 is 0 Å². The third kappa shape index (κ3) is 2.50. The molecule has 1 unspecified atom stereocenters. The predicted molar refractivity (Wildman–Crippen MR) is 79.6 cm³/mol. The fourth-order valence-electron chi connectivity index (χ4n) is 3.35. The van der Waals surface area contributed by atoms with Crippen molar-refractivity contribution >= 4 is 22.2 Å². The summed E-state index contributed by atoms with van der Waals surface area (Å²) in [5, 5.41) is 3.89. The number of nitrogens with one attached hydrogen (secondary N) is 1. The van der Waals surface area contributed by atoms with Crippen LogP contribution in [-0.4, -0.2) is 11.9 Å². The Morgan fingerprint density at radius 3 is 2.79 bits per heavy atom. The molecule has 0 aliphatic heterocycles. The van der Waals surface area contributed by atoms with Gasteiger partial charge in [-0.15, -0.1) is 11.3 Å². The lowest BCUT2D eigenvalue weighted by Gasteiger charge is -2.19. The molecule has 0 radical (unpaired) electrons. The topological polar surface area (TPSA) is 55.1 Å². The SMILES string of the molecule is CC1CCc2c(sc(N)c2C(=O)NC2CCCC2)C1. The van der Waals surface area contributed by atoms with Crippen LogP contribution in [0.1, 0.15) is 59.8 Å². The van der Waals surface area contributed by atoms with Crippen LogP contribution < -0.4 is 11.1 Å². The summed E-state index contributed by atoms with van der Waals surface area (Å²) in [5.41, 5.74) is 8.12. The molecule has 0 bridgehead atoms. The van der Waals surface area contributed by atoms with Crippen LogP contribution >= 0.6 is 11.3 Å². The van der Waals surface area contributed by atoms with Crippen molar-refractivity contribution in [3.63, 3.8) is 0 Å². The maximum Gasteiger partial charge on any atom is 0.254 e. The molecule has 1 aromatic heterocycles. The first kappa shape index (κ1) is 13.0. The first-order chi connectivity index (χ1) is 9.15. The Bertz CT molecular complexity index is 489. The second-order valence-electron chi connectivity index (χ2n) is 6.05. The molecule has 0 aromatic carbocycles. The van der Waals surface area contributed by atoms with Crippen molar-refractivity contribution in [3.8, 4) is 0 Å². The van der Waals surface area contributed by atoms with Crippen LogP contribution in [0.15, 0.2) is 0 Å². The first-order valence-electron chi connectivity index (χ1n) is 7.36. The minimum Gasteiger partial charge on any atom is -0.390 e. The number of anilines is 1. The molecule has 3 rings (SSSR count). The fourth-order valence-corrected chi connectivity index (χ4v) is 4.63. The van der Waals surface area contributed by atoms with Crippen LogP contribution in [0.3, 0.4) is 0 Å². The fraction of sp³-hybridized carbons (Fsp3) is 0.667. The number of fused-ring (bicyclic) bond motifs is 1. The zero-order chi connectivity index (χ0) is 13.4. The third-order valence-corrected chi connectivity index (χ3v) is 5.54. The van der Waals surface area contributed by atoms with Crippen molar-refractivity contribution < 1.29 is 4.79 Å². The Morgan fingerprint density at radius 1 is 1.32 bits per heavy atom. The van der Waals surface area contributed by atoms with E-state index in [1.807, 2.05) is 0 Å². The summed E-state index contributed by atoms with van der Waals surface area (Å²) in [6, 6.07) is 0.366. The number of nitrogens with two attached hydrogens (primary N) is 1. The Morgan fingerprint density at radius 2 is 2.05 bits per heavy atom. The highest BCUT2D eigenvalue weighted by atomic mass is 32.1. The molecule has 1 heterocycles. The van der Waals surface area contributed by atoms with Crippen LogP contribution in [0.5, 0.6) is 0 Å². The molecule has 2 aliphatic rings. The lowest BCUT2D eigenvalue weighted by molar-refractivity contribution is 0.0938.